The van der Waals surface area contributed by atoms with E-state index in [9.17, 15) is 0 Å². The van der Waals surface area contributed by atoms with Crippen LogP contribution in [0.5, 0.6) is 0 Å². The van der Waals surface area contributed by atoms with Gasteiger partial charge in [-0.2, -0.15) is 0 Å². The molecule has 0 saturated carbocycles. The van der Waals surface area contributed by atoms with Crippen LogP contribution in [0.2, 0.25) is 0 Å². The number of rotatable bonds is 4. The Bertz CT molecular complexity index is 206. The standard InChI is InChI=1S/2C8H16.2CH4/c2*1-5-7(3)8(4)6-2;;/h5-6H2,1-4H3;5,8H,6H2,1-4H3;2*1H4/b8-7-;7-5-;;. The van der Waals surface area contributed by atoms with Crippen LogP contribution in [0.15, 0.2) is 22.8 Å². The highest BCUT2D eigenvalue weighted by Gasteiger charge is 1.96. The minimum Gasteiger partial charge on any atom is -0.0885 e. The molecule has 1 atom stereocenters. The fourth-order valence-corrected chi connectivity index (χ4v) is 1.21. The van der Waals surface area contributed by atoms with Crippen LogP contribution in [0.1, 0.15) is 89.5 Å². The second-order valence-electron chi connectivity index (χ2n) is 4.61. The maximum absolute atomic E-state index is 2.26. The van der Waals surface area contributed by atoms with Crippen LogP contribution < -0.4 is 0 Å². The van der Waals surface area contributed by atoms with Gasteiger partial charge in [-0.15, -0.1) is 0 Å². The molecule has 0 amide bonds. The zero-order valence-electron chi connectivity index (χ0n) is 12.8. The normalized spacial score (nSPS) is 13.2. The van der Waals surface area contributed by atoms with Gasteiger partial charge < -0.3 is 0 Å². The predicted molar refractivity (Wildman–Crippen MR) is 91.3 cm³/mol. The van der Waals surface area contributed by atoms with Crippen molar-refractivity contribution >= 4 is 0 Å². The van der Waals surface area contributed by atoms with Gasteiger partial charge in [0.25, 0.3) is 0 Å². The Labute approximate surface area is 119 Å². The number of hydrogen-bond acceptors (Lipinski definition) is 0. The molecule has 0 rings (SSSR count). The number of allylic oxidation sites excluding steroid dienone is 4. The van der Waals surface area contributed by atoms with Gasteiger partial charge in [0.2, 0.25) is 0 Å². The average Bonchev–Trinajstić information content (AvgIpc) is 2.35. The van der Waals surface area contributed by atoms with E-state index in [2.05, 4.69) is 61.5 Å². The van der Waals surface area contributed by atoms with Crippen molar-refractivity contribution in [3.05, 3.63) is 22.8 Å². The largest absolute Gasteiger partial charge is 0.0885 e. The lowest BCUT2D eigenvalue weighted by molar-refractivity contribution is 0.654. The van der Waals surface area contributed by atoms with Crippen molar-refractivity contribution in [1.29, 1.82) is 0 Å². The predicted octanol–water partition coefficient (Wildman–Crippen LogP) is 7.41. The minimum atomic E-state index is 0. The lowest BCUT2D eigenvalue weighted by atomic mass is 10.0. The first-order valence-corrected chi connectivity index (χ1v) is 6.72. The Morgan fingerprint density at radius 3 is 1.33 bits per heavy atom. The Morgan fingerprint density at radius 1 is 0.889 bits per heavy atom. The molecule has 0 heterocycles. The third kappa shape index (κ3) is 13.5. The summed E-state index contributed by atoms with van der Waals surface area (Å²) < 4.78 is 0. The topological polar surface area (TPSA) is 0 Å². The van der Waals surface area contributed by atoms with Crippen LogP contribution >= 0.6 is 0 Å². The summed E-state index contributed by atoms with van der Waals surface area (Å²) in [5, 5.41) is 0. The van der Waals surface area contributed by atoms with E-state index in [4.69, 9.17) is 0 Å². The highest BCUT2D eigenvalue weighted by atomic mass is 14.0. The third-order valence-electron chi connectivity index (χ3n) is 3.63. The van der Waals surface area contributed by atoms with Crippen molar-refractivity contribution < 1.29 is 0 Å². The van der Waals surface area contributed by atoms with Gasteiger partial charge in [0.15, 0.2) is 0 Å². The van der Waals surface area contributed by atoms with Crippen LogP contribution in [-0.2, 0) is 0 Å². The molecule has 0 nitrogen and oxygen atoms in total. The highest BCUT2D eigenvalue weighted by molar-refractivity contribution is 5.07. The van der Waals surface area contributed by atoms with E-state index in [0.29, 0.717) is 0 Å². The van der Waals surface area contributed by atoms with Crippen molar-refractivity contribution in [2.24, 2.45) is 5.92 Å². The molecule has 0 bridgehead atoms. The maximum atomic E-state index is 2.26. The molecular formula is C18H40. The molecule has 0 fully saturated rings. The Hall–Kier alpha value is -0.520. The van der Waals surface area contributed by atoms with E-state index in [1.165, 1.54) is 24.8 Å². The van der Waals surface area contributed by atoms with Crippen LogP contribution in [-0.4, -0.2) is 0 Å². The van der Waals surface area contributed by atoms with Crippen molar-refractivity contribution in [3.8, 4) is 0 Å². The Morgan fingerprint density at radius 2 is 1.22 bits per heavy atom. The van der Waals surface area contributed by atoms with Gasteiger partial charge >= 0.3 is 0 Å². The molecule has 0 aliphatic heterocycles. The fraction of sp³-hybridized carbons (Fsp3) is 0.778. The summed E-state index contributed by atoms with van der Waals surface area (Å²) in [5.74, 6) is 0.778. The Kier molecular flexibility index (Phi) is 23.9. The zero-order chi connectivity index (χ0) is 13.1. The first kappa shape index (κ1) is 26.1. The van der Waals surface area contributed by atoms with Crippen LogP contribution in [0.4, 0.5) is 0 Å². The van der Waals surface area contributed by atoms with E-state index in [1.807, 2.05) is 0 Å². The molecule has 0 heteroatoms. The van der Waals surface area contributed by atoms with Gasteiger partial charge in [-0.25, -0.2) is 0 Å². The van der Waals surface area contributed by atoms with Crippen molar-refractivity contribution in [2.75, 3.05) is 0 Å². The summed E-state index contributed by atoms with van der Waals surface area (Å²) in [7, 11) is 0. The van der Waals surface area contributed by atoms with Gasteiger partial charge in [-0.05, 0) is 52.9 Å². The third-order valence-corrected chi connectivity index (χ3v) is 3.63. The van der Waals surface area contributed by atoms with Crippen LogP contribution in [0.25, 0.3) is 0 Å². The van der Waals surface area contributed by atoms with E-state index >= 15 is 0 Å². The molecule has 0 aromatic carbocycles. The molecule has 0 aromatic rings. The van der Waals surface area contributed by atoms with E-state index < -0.39 is 0 Å². The van der Waals surface area contributed by atoms with Gasteiger partial charge in [0, 0.05) is 0 Å². The summed E-state index contributed by atoms with van der Waals surface area (Å²) in [5.41, 5.74) is 4.60. The summed E-state index contributed by atoms with van der Waals surface area (Å²) in [6.07, 6.45) is 5.86. The second-order valence-corrected chi connectivity index (χ2v) is 4.61. The van der Waals surface area contributed by atoms with Gasteiger partial charge in [0.1, 0.15) is 0 Å². The van der Waals surface area contributed by atoms with E-state index in [0.717, 1.165) is 5.92 Å². The molecule has 112 valence electrons. The fourth-order valence-electron chi connectivity index (χ4n) is 1.21. The quantitative estimate of drug-likeness (QED) is 0.459. The van der Waals surface area contributed by atoms with Gasteiger partial charge in [0.05, 0.1) is 0 Å². The molecular weight excluding hydrogens is 216 g/mol. The molecule has 0 aliphatic carbocycles. The average molecular weight is 257 g/mol. The van der Waals surface area contributed by atoms with Gasteiger partial charge in [-0.3, -0.25) is 0 Å². The first-order valence-electron chi connectivity index (χ1n) is 6.72. The van der Waals surface area contributed by atoms with Crippen LogP contribution in [0.3, 0.4) is 0 Å². The molecule has 0 aliphatic rings. The highest BCUT2D eigenvalue weighted by Crippen LogP contribution is 2.11. The minimum absolute atomic E-state index is 0. The molecule has 0 spiro atoms. The summed E-state index contributed by atoms with van der Waals surface area (Å²) in [6.45, 7) is 17.6. The summed E-state index contributed by atoms with van der Waals surface area (Å²) in [6, 6.07) is 0. The molecule has 1 unspecified atom stereocenters. The Balaban J connectivity index is -0.0000000980. The number of hydrogen-bond donors (Lipinski definition) is 0. The first-order chi connectivity index (χ1) is 7.44. The second kappa shape index (κ2) is 16.5. The summed E-state index contributed by atoms with van der Waals surface area (Å²) in [4.78, 5) is 0. The smallest absolute Gasteiger partial charge is 0.0237 e. The molecule has 0 aromatic heterocycles. The SMILES string of the molecule is C.C.C/C=C(/C)C(C)CC.CC/C(C)=C(/C)CC. The molecule has 0 N–H and O–H groups in total. The van der Waals surface area contributed by atoms with E-state index in [1.54, 1.807) is 11.1 Å². The van der Waals surface area contributed by atoms with Crippen LogP contribution in [0, 0.1) is 5.92 Å². The van der Waals surface area contributed by atoms with Crippen molar-refractivity contribution in [2.45, 2.75) is 89.5 Å². The maximum Gasteiger partial charge on any atom is -0.0237 e. The summed E-state index contributed by atoms with van der Waals surface area (Å²) >= 11 is 0. The van der Waals surface area contributed by atoms with E-state index in [-0.39, 0.29) is 14.9 Å². The lowest BCUT2D eigenvalue weighted by Crippen LogP contribution is -1.91. The van der Waals surface area contributed by atoms with Crippen molar-refractivity contribution in [1.82, 2.24) is 0 Å². The molecule has 0 saturated heterocycles. The lowest BCUT2D eigenvalue weighted by Gasteiger charge is -2.06. The zero-order valence-corrected chi connectivity index (χ0v) is 12.8. The monoisotopic (exact) mass is 256 g/mol. The van der Waals surface area contributed by atoms with Crippen molar-refractivity contribution in [3.63, 3.8) is 0 Å². The molecule has 18 heavy (non-hydrogen) atoms. The van der Waals surface area contributed by atoms with Gasteiger partial charge in [-0.1, -0.05) is 65.3 Å². The molecule has 0 radical (unpaired) electrons.